The van der Waals surface area contributed by atoms with Gasteiger partial charge in [0, 0.05) is 19.7 Å². The van der Waals surface area contributed by atoms with E-state index in [0.29, 0.717) is 32.7 Å². The Morgan fingerprint density at radius 3 is 2.85 bits per heavy atom. The maximum Gasteiger partial charge on any atom is 0.237 e. The molecule has 2 atom stereocenters. The molecule has 20 heavy (non-hydrogen) atoms. The van der Waals surface area contributed by atoms with Gasteiger partial charge in [0.25, 0.3) is 0 Å². The Balaban J connectivity index is 1.88. The average Bonchev–Trinajstić information content (AvgIpc) is 2.90. The molecule has 2 rings (SSSR count). The normalized spacial score (nSPS) is 21.9. The van der Waals surface area contributed by atoms with Crippen LogP contribution in [0.25, 0.3) is 0 Å². The summed E-state index contributed by atoms with van der Waals surface area (Å²) in [6.45, 7) is 4.16. The number of aliphatic hydroxyl groups excluding tert-OH is 1. The largest absolute Gasteiger partial charge is 0.392 e. The van der Waals surface area contributed by atoms with Crippen LogP contribution < -0.4 is 10.6 Å². The fourth-order valence-electron chi connectivity index (χ4n) is 2.31. The van der Waals surface area contributed by atoms with Crippen molar-refractivity contribution in [2.75, 3.05) is 13.2 Å². The van der Waals surface area contributed by atoms with Gasteiger partial charge in [0.15, 0.2) is 0 Å². The van der Waals surface area contributed by atoms with Gasteiger partial charge in [-0.15, -0.1) is 0 Å². The van der Waals surface area contributed by atoms with Crippen molar-refractivity contribution in [1.29, 1.82) is 0 Å². The van der Waals surface area contributed by atoms with E-state index in [-0.39, 0.29) is 11.9 Å². The number of carbonyl (C=O) groups is 1. The first-order valence-electron chi connectivity index (χ1n) is 7.04. The molecule has 1 aromatic rings. The van der Waals surface area contributed by atoms with Gasteiger partial charge in [0.1, 0.15) is 0 Å². The van der Waals surface area contributed by atoms with Gasteiger partial charge in [0.2, 0.25) is 5.91 Å². The monoisotopic (exact) mass is 278 g/mol. The molecule has 5 heteroatoms. The van der Waals surface area contributed by atoms with Crippen molar-refractivity contribution in [3.63, 3.8) is 0 Å². The summed E-state index contributed by atoms with van der Waals surface area (Å²) in [6, 6.07) is 7.63. The second-order valence-electron chi connectivity index (χ2n) is 4.97. The van der Waals surface area contributed by atoms with Crippen molar-refractivity contribution in [2.45, 2.75) is 38.6 Å². The van der Waals surface area contributed by atoms with Crippen molar-refractivity contribution < 1.29 is 14.6 Å². The summed E-state index contributed by atoms with van der Waals surface area (Å²) in [5, 5.41) is 15.3. The zero-order chi connectivity index (χ0) is 14.4. The lowest BCUT2D eigenvalue weighted by Crippen LogP contribution is -2.40. The number of hydrogen-bond acceptors (Lipinski definition) is 4. The number of carbonyl (C=O) groups excluding carboxylic acids is 1. The Labute approximate surface area is 119 Å². The molecular formula is C15H22N2O3. The van der Waals surface area contributed by atoms with E-state index in [1.807, 2.05) is 31.2 Å². The lowest BCUT2D eigenvalue weighted by molar-refractivity contribution is -0.123. The average molecular weight is 278 g/mol. The van der Waals surface area contributed by atoms with Gasteiger partial charge in [-0.25, -0.2) is 0 Å². The Hall–Kier alpha value is -1.43. The van der Waals surface area contributed by atoms with Crippen molar-refractivity contribution in [1.82, 2.24) is 10.6 Å². The highest BCUT2D eigenvalue weighted by Crippen LogP contribution is 2.11. The molecule has 1 aliphatic heterocycles. The van der Waals surface area contributed by atoms with Crippen LogP contribution in [0.15, 0.2) is 24.3 Å². The summed E-state index contributed by atoms with van der Waals surface area (Å²) in [5.74, 6) is -0.0623. The highest BCUT2D eigenvalue weighted by atomic mass is 16.5. The van der Waals surface area contributed by atoms with Gasteiger partial charge in [-0.2, -0.15) is 0 Å². The standard InChI is InChI=1S/C15H22N2O3/c1-2-20-10-12-6-4-3-5-11(12)8-17-15(19)14-7-13(18)9-16-14/h3-6,13-14,16,18H,2,7-10H2,1H3,(H,17,19)/t13-,14+/m0/s1. The van der Waals surface area contributed by atoms with E-state index in [9.17, 15) is 9.90 Å². The third kappa shape index (κ3) is 4.03. The minimum Gasteiger partial charge on any atom is -0.392 e. The van der Waals surface area contributed by atoms with Gasteiger partial charge >= 0.3 is 0 Å². The molecule has 0 radical (unpaired) electrons. The molecule has 0 saturated carbocycles. The minimum atomic E-state index is -0.420. The first kappa shape index (κ1) is 15.0. The summed E-state index contributed by atoms with van der Waals surface area (Å²) in [4.78, 5) is 12.0. The molecule has 1 aliphatic rings. The first-order valence-corrected chi connectivity index (χ1v) is 7.04. The number of ether oxygens (including phenoxy) is 1. The van der Waals surface area contributed by atoms with E-state index in [4.69, 9.17) is 4.74 Å². The zero-order valence-electron chi connectivity index (χ0n) is 11.8. The number of aliphatic hydroxyl groups is 1. The number of nitrogens with one attached hydrogen (secondary N) is 2. The smallest absolute Gasteiger partial charge is 0.237 e. The highest BCUT2D eigenvalue weighted by Gasteiger charge is 2.27. The molecule has 0 bridgehead atoms. The van der Waals surface area contributed by atoms with Gasteiger partial charge < -0.3 is 20.5 Å². The van der Waals surface area contributed by atoms with E-state index < -0.39 is 6.10 Å². The van der Waals surface area contributed by atoms with Crippen molar-refractivity contribution >= 4 is 5.91 Å². The maximum absolute atomic E-state index is 12.0. The van der Waals surface area contributed by atoms with Crippen LogP contribution >= 0.6 is 0 Å². The van der Waals surface area contributed by atoms with Crippen LogP contribution in [0.1, 0.15) is 24.5 Å². The van der Waals surface area contributed by atoms with Crippen molar-refractivity contribution in [3.8, 4) is 0 Å². The van der Waals surface area contributed by atoms with Gasteiger partial charge in [-0.1, -0.05) is 24.3 Å². The van der Waals surface area contributed by atoms with Crippen LogP contribution in [0.4, 0.5) is 0 Å². The molecule has 0 spiro atoms. The SMILES string of the molecule is CCOCc1ccccc1CNC(=O)[C@H]1C[C@H](O)CN1. The highest BCUT2D eigenvalue weighted by molar-refractivity contribution is 5.82. The van der Waals surface area contributed by atoms with Crippen LogP contribution in [0.5, 0.6) is 0 Å². The quantitative estimate of drug-likeness (QED) is 0.711. The summed E-state index contributed by atoms with van der Waals surface area (Å²) in [5.41, 5.74) is 2.15. The molecule has 0 aromatic heterocycles. The Bertz CT molecular complexity index is 450. The molecule has 1 heterocycles. The number of β-amino-alcohol motifs (C(OH)–C–C–N with tert-alkyl or cyclic N) is 1. The second kappa shape index (κ2) is 7.38. The molecule has 0 aliphatic carbocycles. The first-order chi connectivity index (χ1) is 9.70. The number of benzene rings is 1. The summed E-state index contributed by atoms with van der Waals surface area (Å²) < 4.78 is 5.42. The Morgan fingerprint density at radius 2 is 2.20 bits per heavy atom. The third-order valence-electron chi connectivity index (χ3n) is 3.46. The minimum absolute atomic E-state index is 0.0623. The maximum atomic E-state index is 12.0. The van der Waals surface area contributed by atoms with E-state index in [1.54, 1.807) is 0 Å². The summed E-state index contributed by atoms with van der Waals surface area (Å²) in [7, 11) is 0. The predicted molar refractivity (Wildman–Crippen MR) is 76.0 cm³/mol. The Morgan fingerprint density at radius 1 is 1.45 bits per heavy atom. The second-order valence-corrected chi connectivity index (χ2v) is 4.97. The molecular weight excluding hydrogens is 256 g/mol. The van der Waals surface area contributed by atoms with Crippen molar-refractivity contribution in [2.24, 2.45) is 0 Å². The van der Waals surface area contributed by atoms with E-state index >= 15 is 0 Å². The van der Waals surface area contributed by atoms with Crippen LogP contribution in [0.2, 0.25) is 0 Å². The zero-order valence-corrected chi connectivity index (χ0v) is 11.8. The molecule has 1 fully saturated rings. The summed E-state index contributed by atoms with van der Waals surface area (Å²) >= 11 is 0. The third-order valence-corrected chi connectivity index (χ3v) is 3.46. The molecule has 1 aromatic carbocycles. The number of amides is 1. The molecule has 0 unspecified atom stereocenters. The summed E-state index contributed by atoms with van der Waals surface area (Å²) in [6.07, 6.45) is 0.0582. The van der Waals surface area contributed by atoms with Crippen LogP contribution in [-0.2, 0) is 22.7 Å². The van der Waals surface area contributed by atoms with E-state index in [0.717, 1.165) is 11.1 Å². The van der Waals surface area contributed by atoms with Gasteiger partial charge in [-0.3, -0.25) is 4.79 Å². The molecule has 5 nitrogen and oxygen atoms in total. The van der Waals surface area contributed by atoms with Crippen LogP contribution in [-0.4, -0.2) is 36.3 Å². The molecule has 1 amide bonds. The van der Waals surface area contributed by atoms with E-state index in [2.05, 4.69) is 10.6 Å². The Kier molecular flexibility index (Phi) is 5.52. The molecule has 3 N–H and O–H groups in total. The lowest BCUT2D eigenvalue weighted by Gasteiger charge is -2.13. The van der Waals surface area contributed by atoms with Gasteiger partial charge in [-0.05, 0) is 24.5 Å². The van der Waals surface area contributed by atoms with Crippen LogP contribution in [0, 0.1) is 0 Å². The molecule has 1 saturated heterocycles. The fraction of sp³-hybridized carbons (Fsp3) is 0.533. The van der Waals surface area contributed by atoms with Crippen LogP contribution in [0.3, 0.4) is 0 Å². The molecule has 110 valence electrons. The predicted octanol–water partition coefficient (Wildman–Crippen LogP) is 0.562. The number of hydrogen-bond donors (Lipinski definition) is 3. The number of rotatable bonds is 6. The van der Waals surface area contributed by atoms with E-state index in [1.165, 1.54) is 0 Å². The van der Waals surface area contributed by atoms with Crippen molar-refractivity contribution in [3.05, 3.63) is 35.4 Å². The van der Waals surface area contributed by atoms with Gasteiger partial charge in [0.05, 0.1) is 18.8 Å². The fourth-order valence-corrected chi connectivity index (χ4v) is 2.31. The lowest BCUT2D eigenvalue weighted by atomic mass is 10.1. The topological polar surface area (TPSA) is 70.6 Å².